The maximum Gasteiger partial charge on any atom is 0.255 e. The van der Waals surface area contributed by atoms with E-state index in [0.29, 0.717) is 13.1 Å². The first-order valence-corrected chi connectivity index (χ1v) is 6.83. The van der Waals surface area contributed by atoms with Crippen LogP contribution in [0.2, 0.25) is 5.02 Å². The predicted octanol–water partition coefficient (Wildman–Crippen LogP) is 3.10. The molecule has 1 atom stereocenters. The van der Waals surface area contributed by atoms with Gasteiger partial charge in [0, 0.05) is 25.7 Å². The normalized spacial score (nSPS) is 18.9. The summed E-state index contributed by atoms with van der Waals surface area (Å²) < 4.78 is 13.7. The maximum absolute atomic E-state index is 13.5. The first kappa shape index (κ1) is 16.7. The average Bonchev–Trinajstić information content (AvgIpc) is 2.33. The topological polar surface area (TPSA) is 32.3 Å². The molecule has 1 N–H and O–H groups in total. The Kier molecular flexibility index (Phi) is 6.05. The standard InChI is InChI=1S/C12H13BrClFN2O.ClH/c1-7-6-17(3-2-16-7)12(18)8-4-11(15)9(13)5-10(8)14;/h4-5,7,16H,2-3,6H2,1H3;1H/t7-;/m1./s1. The van der Waals surface area contributed by atoms with Gasteiger partial charge in [-0.15, -0.1) is 12.4 Å². The molecule has 0 spiro atoms. The lowest BCUT2D eigenvalue weighted by Gasteiger charge is -2.32. The fourth-order valence-electron chi connectivity index (χ4n) is 1.97. The van der Waals surface area contributed by atoms with Gasteiger partial charge in [0.15, 0.2) is 0 Å². The summed E-state index contributed by atoms with van der Waals surface area (Å²) in [5, 5.41) is 3.51. The zero-order valence-corrected chi connectivity index (χ0v) is 13.4. The summed E-state index contributed by atoms with van der Waals surface area (Å²) in [4.78, 5) is 14.0. The highest BCUT2D eigenvalue weighted by molar-refractivity contribution is 9.10. The third-order valence-corrected chi connectivity index (χ3v) is 3.82. The van der Waals surface area contributed by atoms with Crippen molar-refractivity contribution < 1.29 is 9.18 Å². The number of carbonyl (C=O) groups excluding carboxylic acids is 1. The van der Waals surface area contributed by atoms with E-state index in [4.69, 9.17) is 11.6 Å². The van der Waals surface area contributed by atoms with Gasteiger partial charge in [0.05, 0.1) is 15.1 Å². The molecule has 0 bridgehead atoms. The number of halogens is 4. The van der Waals surface area contributed by atoms with Crippen molar-refractivity contribution in [2.24, 2.45) is 0 Å². The highest BCUT2D eigenvalue weighted by Gasteiger charge is 2.24. The second kappa shape index (κ2) is 6.88. The number of amides is 1. The molecule has 0 aromatic heterocycles. The molecule has 0 unspecified atom stereocenters. The molecule has 1 aromatic rings. The predicted molar refractivity (Wildman–Crippen MR) is 79.7 cm³/mol. The van der Waals surface area contributed by atoms with Crippen molar-refractivity contribution in [2.45, 2.75) is 13.0 Å². The van der Waals surface area contributed by atoms with E-state index >= 15 is 0 Å². The highest BCUT2D eigenvalue weighted by atomic mass is 79.9. The molecule has 0 aliphatic carbocycles. The summed E-state index contributed by atoms with van der Waals surface area (Å²) >= 11 is 9.03. The lowest BCUT2D eigenvalue weighted by Crippen LogP contribution is -2.51. The number of carbonyl (C=O) groups is 1. The third kappa shape index (κ3) is 3.81. The van der Waals surface area contributed by atoms with E-state index in [2.05, 4.69) is 21.2 Å². The van der Waals surface area contributed by atoms with Gasteiger partial charge in [-0.3, -0.25) is 4.79 Å². The van der Waals surface area contributed by atoms with Crippen molar-refractivity contribution in [1.82, 2.24) is 10.2 Å². The summed E-state index contributed by atoms with van der Waals surface area (Å²) in [6.45, 7) is 3.96. The van der Waals surface area contributed by atoms with Crippen LogP contribution < -0.4 is 5.32 Å². The number of piperazine rings is 1. The van der Waals surface area contributed by atoms with Crippen molar-refractivity contribution in [3.05, 3.63) is 33.0 Å². The largest absolute Gasteiger partial charge is 0.336 e. The molecule has 1 aliphatic heterocycles. The van der Waals surface area contributed by atoms with Gasteiger partial charge in [-0.25, -0.2) is 4.39 Å². The van der Waals surface area contributed by atoms with Gasteiger partial charge in [0.2, 0.25) is 0 Å². The van der Waals surface area contributed by atoms with Gasteiger partial charge < -0.3 is 10.2 Å². The number of rotatable bonds is 1. The Bertz CT molecular complexity index is 487. The summed E-state index contributed by atoms with van der Waals surface area (Å²) in [7, 11) is 0. The first-order chi connectivity index (χ1) is 8.49. The maximum atomic E-state index is 13.5. The van der Waals surface area contributed by atoms with E-state index < -0.39 is 5.82 Å². The van der Waals surface area contributed by atoms with Crippen LogP contribution in [-0.4, -0.2) is 36.5 Å². The van der Waals surface area contributed by atoms with Crippen LogP contribution >= 0.6 is 39.9 Å². The Balaban J connectivity index is 0.00000180. The number of hydrogen-bond acceptors (Lipinski definition) is 2. The van der Waals surface area contributed by atoms with E-state index in [1.165, 1.54) is 12.1 Å². The van der Waals surface area contributed by atoms with Gasteiger partial charge in [-0.2, -0.15) is 0 Å². The molecular formula is C12H14BrCl2FN2O. The minimum absolute atomic E-state index is 0. The number of benzene rings is 1. The number of nitrogens with one attached hydrogen (secondary N) is 1. The Labute approximate surface area is 131 Å². The molecule has 1 saturated heterocycles. The van der Waals surface area contributed by atoms with E-state index in [-0.39, 0.29) is 39.4 Å². The van der Waals surface area contributed by atoms with Crippen molar-refractivity contribution in [1.29, 1.82) is 0 Å². The summed E-state index contributed by atoms with van der Waals surface area (Å²) in [6, 6.07) is 2.83. The lowest BCUT2D eigenvalue weighted by atomic mass is 10.1. The molecule has 1 aromatic carbocycles. The summed E-state index contributed by atoms with van der Waals surface area (Å²) in [5.74, 6) is -0.703. The fourth-order valence-corrected chi connectivity index (χ4v) is 2.69. The molecule has 1 aliphatic rings. The van der Waals surface area contributed by atoms with Crippen LogP contribution in [0.4, 0.5) is 4.39 Å². The van der Waals surface area contributed by atoms with E-state index in [9.17, 15) is 9.18 Å². The van der Waals surface area contributed by atoms with Crippen molar-refractivity contribution in [2.75, 3.05) is 19.6 Å². The molecule has 2 rings (SSSR count). The van der Waals surface area contributed by atoms with Gasteiger partial charge in [0.1, 0.15) is 5.82 Å². The summed E-state index contributed by atoms with van der Waals surface area (Å²) in [6.07, 6.45) is 0. The summed E-state index contributed by atoms with van der Waals surface area (Å²) in [5.41, 5.74) is 0.214. The van der Waals surface area contributed by atoms with Crippen LogP contribution in [0, 0.1) is 5.82 Å². The minimum Gasteiger partial charge on any atom is -0.336 e. The quantitative estimate of drug-likeness (QED) is 0.769. The molecule has 0 saturated carbocycles. The SMILES string of the molecule is C[C@@H]1CN(C(=O)c2cc(F)c(Br)cc2Cl)CCN1.Cl. The molecule has 0 radical (unpaired) electrons. The highest BCUT2D eigenvalue weighted by Crippen LogP contribution is 2.26. The van der Waals surface area contributed by atoms with Crippen LogP contribution in [0.15, 0.2) is 16.6 Å². The van der Waals surface area contributed by atoms with E-state index in [0.717, 1.165) is 6.54 Å². The molecule has 7 heteroatoms. The van der Waals surface area contributed by atoms with Crippen LogP contribution in [0.3, 0.4) is 0 Å². The lowest BCUT2D eigenvalue weighted by molar-refractivity contribution is 0.0709. The molecule has 3 nitrogen and oxygen atoms in total. The van der Waals surface area contributed by atoms with E-state index in [1.54, 1.807) is 4.90 Å². The molecular weight excluding hydrogens is 358 g/mol. The van der Waals surface area contributed by atoms with Crippen molar-refractivity contribution in [3.63, 3.8) is 0 Å². The molecule has 1 heterocycles. The Morgan fingerprint density at radius 2 is 2.26 bits per heavy atom. The van der Waals surface area contributed by atoms with Crippen LogP contribution in [-0.2, 0) is 0 Å². The van der Waals surface area contributed by atoms with E-state index in [1.807, 2.05) is 6.92 Å². The van der Waals surface area contributed by atoms with Gasteiger partial charge in [-0.05, 0) is 35.0 Å². The third-order valence-electron chi connectivity index (χ3n) is 2.90. The number of hydrogen-bond donors (Lipinski definition) is 1. The monoisotopic (exact) mass is 370 g/mol. The fraction of sp³-hybridized carbons (Fsp3) is 0.417. The Hall–Kier alpha value is -0.360. The second-order valence-corrected chi connectivity index (χ2v) is 5.61. The first-order valence-electron chi connectivity index (χ1n) is 5.66. The number of nitrogens with zero attached hydrogens (tertiary/aromatic N) is 1. The van der Waals surface area contributed by atoms with Gasteiger partial charge >= 0.3 is 0 Å². The van der Waals surface area contributed by atoms with Crippen LogP contribution in [0.25, 0.3) is 0 Å². The van der Waals surface area contributed by atoms with Crippen molar-refractivity contribution >= 4 is 45.8 Å². The minimum atomic E-state index is -0.481. The van der Waals surface area contributed by atoms with Crippen LogP contribution in [0.1, 0.15) is 17.3 Å². The zero-order chi connectivity index (χ0) is 13.3. The molecule has 1 amide bonds. The van der Waals surface area contributed by atoms with Gasteiger partial charge in [0.25, 0.3) is 5.91 Å². The van der Waals surface area contributed by atoms with Gasteiger partial charge in [-0.1, -0.05) is 11.6 Å². The Morgan fingerprint density at radius 1 is 1.58 bits per heavy atom. The molecule has 106 valence electrons. The molecule has 1 fully saturated rings. The molecule has 19 heavy (non-hydrogen) atoms. The zero-order valence-electron chi connectivity index (χ0n) is 10.3. The van der Waals surface area contributed by atoms with Crippen molar-refractivity contribution in [3.8, 4) is 0 Å². The Morgan fingerprint density at radius 3 is 2.89 bits per heavy atom. The van der Waals surface area contributed by atoms with Crippen LogP contribution in [0.5, 0.6) is 0 Å². The smallest absolute Gasteiger partial charge is 0.255 e. The average molecular weight is 372 g/mol. The second-order valence-electron chi connectivity index (χ2n) is 4.35.